The molecule has 15 heteroatoms. The largest absolute Gasteiger partial charge is 0.506 e. The first kappa shape index (κ1) is 38.9. The van der Waals surface area contributed by atoms with E-state index in [1.165, 1.54) is 27.3 Å². The molecule has 0 bridgehead atoms. The predicted octanol–water partition coefficient (Wildman–Crippen LogP) is 7.32. The van der Waals surface area contributed by atoms with Gasteiger partial charge < -0.3 is 34.3 Å². The number of carbonyl (C=O) groups excluding carboxylic acids is 3. The number of phenols is 1. The number of phenolic OH excluding ortho intramolecular Hbond substituents is 1. The smallest absolute Gasteiger partial charge is 0.356 e. The summed E-state index contributed by atoms with van der Waals surface area (Å²) in [4.78, 5) is 59.7. The maximum absolute atomic E-state index is 13.7. The average molecular weight is 810 g/mol. The Kier molecular flexibility index (Phi) is 10.5. The lowest BCUT2D eigenvalue weighted by Crippen LogP contribution is -2.47. The number of carboxylic acids is 1. The second-order valence-electron chi connectivity index (χ2n) is 12.6. The summed E-state index contributed by atoms with van der Waals surface area (Å²) in [5.74, 6) is -4.36. The van der Waals surface area contributed by atoms with Gasteiger partial charge in [-0.25, -0.2) is 24.4 Å². The number of esters is 2. The average Bonchev–Trinajstić information content (AvgIpc) is 3.10. The summed E-state index contributed by atoms with van der Waals surface area (Å²) in [5.41, 5.74) is 0.599. The van der Waals surface area contributed by atoms with Crippen LogP contribution in [0.4, 0.5) is 0 Å². The van der Waals surface area contributed by atoms with Crippen molar-refractivity contribution in [2.75, 3.05) is 7.11 Å². The third-order valence-electron chi connectivity index (χ3n) is 9.47. The van der Waals surface area contributed by atoms with Crippen molar-refractivity contribution >= 4 is 62.1 Å². The highest BCUT2D eigenvalue weighted by Gasteiger charge is 2.48. The fourth-order valence-electron chi connectivity index (χ4n) is 6.17. The molecule has 1 unspecified atom stereocenters. The number of carbonyl (C=O) groups is 4. The third-order valence-corrected chi connectivity index (χ3v) is 10.7. The first-order chi connectivity index (χ1) is 24.8. The van der Waals surface area contributed by atoms with Gasteiger partial charge in [0.25, 0.3) is 0 Å². The van der Waals surface area contributed by atoms with Crippen LogP contribution in [0.25, 0.3) is 10.9 Å². The number of nitrogens with zero attached hydrogens (tertiary/aromatic N) is 2. The number of allylic oxidation sites excluding steroid dienone is 2. The van der Waals surface area contributed by atoms with Crippen molar-refractivity contribution in [1.82, 2.24) is 9.97 Å². The summed E-state index contributed by atoms with van der Waals surface area (Å²) in [6.07, 6.45) is 3.31. The molecule has 0 amide bonds. The Morgan fingerprint density at radius 3 is 2.09 bits per heavy atom. The minimum atomic E-state index is -2.43. The molecule has 1 aliphatic rings. The van der Waals surface area contributed by atoms with Gasteiger partial charge in [-0.1, -0.05) is 11.6 Å². The quantitative estimate of drug-likeness (QED) is 0.119. The molecule has 1 heterocycles. The number of aromatic carboxylic acids is 1. The lowest BCUT2D eigenvalue weighted by molar-refractivity contribution is -0.151. The van der Waals surface area contributed by atoms with Gasteiger partial charge >= 0.3 is 17.9 Å². The van der Waals surface area contributed by atoms with Crippen molar-refractivity contribution in [2.24, 2.45) is 0 Å². The van der Waals surface area contributed by atoms with E-state index >= 15 is 0 Å². The minimum absolute atomic E-state index is 0.0368. The Morgan fingerprint density at radius 2 is 1.47 bits per heavy atom. The molecule has 3 N–H and O–H groups in total. The number of carboxylic acid groups (broad SMARTS) is 1. The SMILES string of the molecule is COC1=CC(=O)C=C(C)C1(O)C(=O)Oc1c(C)c(C)c(C(=O)Oc2cc(C)c3c(Oc4c(C)c(C)c(C(=O)O)c(C)c4Cl)ncnc3c2C)c(O)c1Br. The second-order valence-corrected chi connectivity index (χ2v) is 13.7. The Labute approximate surface area is 317 Å². The summed E-state index contributed by atoms with van der Waals surface area (Å²) in [5, 5.41) is 32.8. The van der Waals surface area contributed by atoms with E-state index in [0.29, 0.717) is 38.7 Å². The molecule has 0 radical (unpaired) electrons. The number of hydrogen-bond donors (Lipinski definition) is 3. The number of ketones is 1. The standard InChI is InChI=1S/C38H34BrClN2O11/c1-14-10-23(20(7)30-25(14)34(42-13-41-30)52-33-19(6)16(3)26(35(45)46)21(8)29(33)40)51-36(47)27-17(4)18(5)32(28(39)31(27)44)53-37(48)38(49)15(2)11-22(43)12-24(38)50-9/h10-13,44,49H,1-9H3,(H,45,46). The van der Waals surface area contributed by atoms with Gasteiger partial charge in [-0.2, -0.15) is 0 Å². The van der Waals surface area contributed by atoms with Crippen LogP contribution in [0.1, 0.15) is 66.6 Å². The van der Waals surface area contributed by atoms with E-state index in [1.807, 2.05) is 0 Å². The minimum Gasteiger partial charge on any atom is -0.506 e. The number of benzene rings is 3. The summed E-state index contributed by atoms with van der Waals surface area (Å²) < 4.78 is 22.6. The van der Waals surface area contributed by atoms with Gasteiger partial charge in [0.2, 0.25) is 11.5 Å². The summed E-state index contributed by atoms with van der Waals surface area (Å²) in [6, 6.07) is 1.58. The number of rotatable bonds is 8. The highest BCUT2D eigenvalue weighted by molar-refractivity contribution is 9.10. The van der Waals surface area contributed by atoms with Gasteiger partial charge in [-0.05, 0) is 122 Å². The van der Waals surface area contributed by atoms with Crippen molar-refractivity contribution in [3.8, 4) is 28.9 Å². The third kappa shape index (κ3) is 6.40. The molecular formula is C38H34BrClN2O11. The predicted molar refractivity (Wildman–Crippen MR) is 196 cm³/mol. The van der Waals surface area contributed by atoms with E-state index in [1.54, 1.807) is 47.6 Å². The Bertz CT molecular complexity index is 2330. The zero-order chi connectivity index (χ0) is 39.4. The number of aromatic hydroxyl groups is 1. The van der Waals surface area contributed by atoms with Crippen LogP contribution >= 0.6 is 27.5 Å². The van der Waals surface area contributed by atoms with E-state index < -0.39 is 35.0 Å². The summed E-state index contributed by atoms with van der Waals surface area (Å²) >= 11 is 9.83. The molecule has 13 nitrogen and oxygen atoms in total. The molecule has 1 aliphatic carbocycles. The molecule has 5 rings (SSSR count). The van der Waals surface area contributed by atoms with Crippen molar-refractivity contribution < 1.29 is 53.4 Å². The summed E-state index contributed by atoms with van der Waals surface area (Å²) in [7, 11) is 1.19. The van der Waals surface area contributed by atoms with Crippen molar-refractivity contribution in [3.63, 3.8) is 0 Å². The van der Waals surface area contributed by atoms with Gasteiger partial charge in [-0.3, -0.25) is 4.79 Å². The van der Waals surface area contributed by atoms with Crippen LogP contribution in [0.3, 0.4) is 0 Å². The lowest BCUT2D eigenvalue weighted by atomic mass is 9.87. The zero-order valence-electron chi connectivity index (χ0n) is 30.1. The number of ether oxygens (including phenoxy) is 4. The van der Waals surface area contributed by atoms with Gasteiger partial charge in [0.15, 0.2) is 17.3 Å². The lowest BCUT2D eigenvalue weighted by Gasteiger charge is -2.30. The van der Waals surface area contributed by atoms with Crippen LogP contribution in [0.2, 0.25) is 5.02 Å². The molecule has 0 fully saturated rings. The van der Waals surface area contributed by atoms with Gasteiger partial charge in [0.1, 0.15) is 33.6 Å². The monoisotopic (exact) mass is 808 g/mol. The number of halogens is 2. The van der Waals surface area contributed by atoms with Gasteiger partial charge in [0, 0.05) is 11.6 Å². The van der Waals surface area contributed by atoms with E-state index in [4.69, 9.17) is 30.5 Å². The molecule has 0 spiro atoms. The molecule has 1 atom stereocenters. The number of aryl methyl sites for hydroxylation is 2. The molecule has 1 aromatic heterocycles. The van der Waals surface area contributed by atoms with Crippen molar-refractivity contribution in [2.45, 2.75) is 61.0 Å². The number of aliphatic hydroxyl groups is 1. The topological polar surface area (TPSA) is 192 Å². The maximum atomic E-state index is 13.7. The molecule has 3 aromatic carbocycles. The van der Waals surface area contributed by atoms with Gasteiger partial charge in [0.05, 0.1) is 28.6 Å². The Balaban J connectivity index is 1.50. The maximum Gasteiger partial charge on any atom is 0.356 e. The normalized spacial score (nSPS) is 15.5. The highest BCUT2D eigenvalue weighted by Crippen LogP contribution is 2.45. The summed E-state index contributed by atoms with van der Waals surface area (Å²) in [6.45, 7) is 12.8. The number of methoxy groups -OCH3 is 1. The van der Waals surface area contributed by atoms with Crippen LogP contribution in [-0.4, -0.2) is 61.7 Å². The van der Waals surface area contributed by atoms with Crippen molar-refractivity contribution in [3.05, 3.63) is 95.4 Å². The number of fused-ring (bicyclic) bond motifs is 1. The Hall–Kier alpha value is -5.31. The van der Waals surface area contributed by atoms with E-state index in [-0.39, 0.29) is 66.2 Å². The first-order valence-electron chi connectivity index (χ1n) is 15.9. The molecule has 0 saturated carbocycles. The molecule has 4 aromatic rings. The molecule has 276 valence electrons. The van der Waals surface area contributed by atoms with Crippen LogP contribution in [0.15, 0.2) is 40.4 Å². The number of aromatic nitrogens is 2. The molecule has 0 saturated heterocycles. The number of hydrogen-bond acceptors (Lipinski definition) is 12. The van der Waals surface area contributed by atoms with Crippen LogP contribution in [0, 0.1) is 48.5 Å². The van der Waals surface area contributed by atoms with Crippen LogP contribution in [0.5, 0.6) is 28.9 Å². The van der Waals surface area contributed by atoms with E-state index in [9.17, 15) is 34.5 Å². The molecular weight excluding hydrogens is 776 g/mol. The van der Waals surface area contributed by atoms with Crippen LogP contribution in [-0.2, 0) is 14.3 Å². The van der Waals surface area contributed by atoms with Gasteiger partial charge in [-0.15, -0.1) is 0 Å². The highest BCUT2D eigenvalue weighted by atomic mass is 79.9. The van der Waals surface area contributed by atoms with Crippen LogP contribution < -0.4 is 14.2 Å². The van der Waals surface area contributed by atoms with E-state index in [2.05, 4.69) is 25.9 Å². The second kappa shape index (κ2) is 14.3. The van der Waals surface area contributed by atoms with E-state index in [0.717, 1.165) is 12.2 Å². The molecule has 53 heavy (non-hydrogen) atoms. The van der Waals surface area contributed by atoms with Crippen molar-refractivity contribution in [1.29, 1.82) is 0 Å². The molecule has 0 aliphatic heterocycles. The Morgan fingerprint density at radius 1 is 0.849 bits per heavy atom. The fraction of sp³-hybridized carbons (Fsp3) is 0.263. The fourth-order valence-corrected chi connectivity index (χ4v) is 7.02. The zero-order valence-corrected chi connectivity index (χ0v) is 32.4. The first-order valence-corrected chi connectivity index (χ1v) is 17.1.